The number of aliphatic hydroxyl groups excluding tert-OH is 1. The molecule has 0 aliphatic heterocycles. The van der Waals surface area contributed by atoms with E-state index in [4.69, 9.17) is 9.84 Å². The molecule has 1 aromatic heterocycles. The fourth-order valence-electron chi connectivity index (χ4n) is 1.45. The topological polar surface area (TPSA) is 49.7 Å². The smallest absolute Gasteiger partial charge is 0.119 e. The Morgan fingerprint density at radius 1 is 1.18 bits per heavy atom. The van der Waals surface area contributed by atoms with Crippen molar-refractivity contribution in [2.24, 2.45) is 0 Å². The molecule has 3 nitrogen and oxygen atoms in total. The highest BCUT2D eigenvalue weighted by atomic mass is 32.1. The van der Waals surface area contributed by atoms with Crippen molar-refractivity contribution in [3.05, 3.63) is 46.7 Å². The molecule has 0 radical (unpaired) electrons. The van der Waals surface area contributed by atoms with Gasteiger partial charge >= 0.3 is 0 Å². The highest BCUT2D eigenvalue weighted by Crippen LogP contribution is 2.17. The molecule has 0 fully saturated rings. The average Bonchev–Trinajstić information content (AvgIpc) is 2.81. The molecule has 4 heteroatoms. The van der Waals surface area contributed by atoms with E-state index in [1.807, 2.05) is 17.5 Å². The Kier molecular flexibility index (Phi) is 4.01. The third kappa shape index (κ3) is 3.76. The van der Waals surface area contributed by atoms with Gasteiger partial charge in [-0.05, 0) is 35.7 Å². The van der Waals surface area contributed by atoms with Crippen LogP contribution in [0.4, 0.5) is 0 Å². The van der Waals surface area contributed by atoms with Crippen LogP contribution in [0.3, 0.4) is 0 Å². The standard InChI is InChI=1S/C13H14O3S/c14-10-3-5-12(6-4-10)16-9-11(15)8-13-2-1-7-17-13/h1-7,11,14-15H,8-9H2. The number of ether oxygens (including phenoxy) is 1. The van der Waals surface area contributed by atoms with Crippen molar-refractivity contribution in [1.29, 1.82) is 0 Å². The maximum atomic E-state index is 9.77. The molecule has 2 aromatic rings. The van der Waals surface area contributed by atoms with Gasteiger partial charge in [0, 0.05) is 11.3 Å². The minimum atomic E-state index is -0.512. The lowest BCUT2D eigenvalue weighted by Crippen LogP contribution is -2.19. The predicted molar refractivity (Wildman–Crippen MR) is 67.6 cm³/mol. The average molecular weight is 250 g/mol. The quantitative estimate of drug-likeness (QED) is 0.857. The molecule has 0 saturated heterocycles. The maximum Gasteiger partial charge on any atom is 0.119 e. The zero-order valence-corrected chi connectivity index (χ0v) is 10.1. The second-order valence-corrected chi connectivity index (χ2v) is 4.77. The Balaban J connectivity index is 1.79. The molecular formula is C13H14O3S. The van der Waals surface area contributed by atoms with Gasteiger partial charge in [-0.3, -0.25) is 0 Å². The van der Waals surface area contributed by atoms with Crippen LogP contribution < -0.4 is 4.74 Å². The van der Waals surface area contributed by atoms with Crippen LogP contribution in [0.1, 0.15) is 4.88 Å². The Hall–Kier alpha value is -1.52. The monoisotopic (exact) mass is 250 g/mol. The Morgan fingerprint density at radius 2 is 1.94 bits per heavy atom. The van der Waals surface area contributed by atoms with E-state index in [-0.39, 0.29) is 12.4 Å². The van der Waals surface area contributed by atoms with E-state index < -0.39 is 6.10 Å². The molecule has 90 valence electrons. The van der Waals surface area contributed by atoms with Gasteiger partial charge in [0.1, 0.15) is 18.1 Å². The normalized spacial score (nSPS) is 12.3. The molecule has 0 aliphatic rings. The summed E-state index contributed by atoms with van der Waals surface area (Å²) in [7, 11) is 0. The van der Waals surface area contributed by atoms with E-state index in [1.54, 1.807) is 35.6 Å². The van der Waals surface area contributed by atoms with Crippen molar-refractivity contribution in [2.45, 2.75) is 12.5 Å². The van der Waals surface area contributed by atoms with E-state index in [9.17, 15) is 5.11 Å². The number of phenolic OH excluding ortho intramolecular Hbond substituents is 1. The fraction of sp³-hybridized carbons (Fsp3) is 0.231. The molecule has 1 heterocycles. The largest absolute Gasteiger partial charge is 0.508 e. The second kappa shape index (κ2) is 5.70. The summed E-state index contributed by atoms with van der Waals surface area (Å²) in [6.45, 7) is 0.253. The fourth-order valence-corrected chi connectivity index (χ4v) is 2.23. The molecule has 2 rings (SSSR count). The summed E-state index contributed by atoms with van der Waals surface area (Å²) >= 11 is 1.63. The maximum absolute atomic E-state index is 9.77. The molecule has 1 unspecified atom stereocenters. The van der Waals surface area contributed by atoms with Gasteiger partial charge in [0.2, 0.25) is 0 Å². The molecule has 0 bridgehead atoms. The minimum absolute atomic E-state index is 0.205. The molecule has 1 atom stereocenters. The van der Waals surface area contributed by atoms with Crippen molar-refractivity contribution in [3.63, 3.8) is 0 Å². The number of aliphatic hydroxyl groups is 1. The lowest BCUT2D eigenvalue weighted by atomic mass is 10.2. The number of benzene rings is 1. The zero-order valence-electron chi connectivity index (χ0n) is 9.24. The van der Waals surface area contributed by atoms with Gasteiger partial charge in [0.05, 0.1) is 6.10 Å². The summed E-state index contributed by atoms with van der Waals surface area (Å²) in [5.41, 5.74) is 0. The van der Waals surface area contributed by atoms with Crippen molar-refractivity contribution in [2.75, 3.05) is 6.61 Å². The SMILES string of the molecule is Oc1ccc(OCC(O)Cc2cccs2)cc1. The van der Waals surface area contributed by atoms with Crippen LogP contribution in [-0.4, -0.2) is 22.9 Å². The Bertz CT molecular complexity index is 436. The van der Waals surface area contributed by atoms with E-state index in [0.717, 1.165) is 4.88 Å². The van der Waals surface area contributed by atoms with Gasteiger partial charge < -0.3 is 14.9 Å². The number of hydrogen-bond acceptors (Lipinski definition) is 4. The zero-order chi connectivity index (χ0) is 12.1. The van der Waals surface area contributed by atoms with Gasteiger partial charge in [-0.25, -0.2) is 0 Å². The number of aromatic hydroxyl groups is 1. The highest BCUT2D eigenvalue weighted by molar-refractivity contribution is 7.09. The van der Waals surface area contributed by atoms with Crippen molar-refractivity contribution in [1.82, 2.24) is 0 Å². The molecule has 0 saturated carbocycles. The number of phenols is 1. The van der Waals surface area contributed by atoms with Gasteiger partial charge in [-0.15, -0.1) is 11.3 Å². The molecule has 0 aliphatic carbocycles. The van der Waals surface area contributed by atoms with Crippen LogP contribution in [0.25, 0.3) is 0 Å². The van der Waals surface area contributed by atoms with Crippen LogP contribution in [-0.2, 0) is 6.42 Å². The number of thiophene rings is 1. The molecule has 17 heavy (non-hydrogen) atoms. The van der Waals surface area contributed by atoms with Crippen LogP contribution in [0.5, 0.6) is 11.5 Å². The summed E-state index contributed by atoms with van der Waals surface area (Å²) in [4.78, 5) is 1.15. The molecule has 1 aromatic carbocycles. The first kappa shape index (κ1) is 12.0. The summed E-state index contributed by atoms with van der Waals surface area (Å²) in [6.07, 6.45) is 0.0953. The lowest BCUT2D eigenvalue weighted by Gasteiger charge is -2.11. The van der Waals surface area contributed by atoms with Crippen LogP contribution >= 0.6 is 11.3 Å². The second-order valence-electron chi connectivity index (χ2n) is 3.74. The molecule has 0 spiro atoms. The van der Waals surface area contributed by atoms with E-state index in [0.29, 0.717) is 12.2 Å². The molecule has 2 N–H and O–H groups in total. The number of rotatable bonds is 5. The van der Waals surface area contributed by atoms with Crippen LogP contribution in [0.15, 0.2) is 41.8 Å². The Labute approximate surface area is 104 Å². The highest BCUT2D eigenvalue weighted by Gasteiger charge is 2.07. The summed E-state index contributed by atoms with van der Waals surface area (Å²) in [5, 5.41) is 20.9. The molecule has 0 amide bonds. The van der Waals surface area contributed by atoms with Gasteiger partial charge in [0.25, 0.3) is 0 Å². The first-order valence-corrected chi connectivity index (χ1v) is 6.24. The minimum Gasteiger partial charge on any atom is -0.508 e. The predicted octanol–water partition coefficient (Wildman–Crippen LogP) is 2.44. The van der Waals surface area contributed by atoms with Gasteiger partial charge in [0.15, 0.2) is 0 Å². The van der Waals surface area contributed by atoms with Crippen LogP contribution in [0, 0.1) is 0 Å². The first-order chi connectivity index (χ1) is 8.24. The molecular weight excluding hydrogens is 236 g/mol. The van der Waals surface area contributed by atoms with E-state index in [2.05, 4.69) is 0 Å². The lowest BCUT2D eigenvalue weighted by molar-refractivity contribution is 0.108. The van der Waals surface area contributed by atoms with Crippen molar-refractivity contribution >= 4 is 11.3 Å². The third-order valence-electron chi connectivity index (χ3n) is 2.30. The van der Waals surface area contributed by atoms with Crippen molar-refractivity contribution < 1.29 is 14.9 Å². The number of hydrogen-bond donors (Lipinski definition) is 2. The van der Waals surface area contributed by atoms with Gasteiger partial charge in [-0.1, -0.05) is 6.07 Å². The van der Waals surface area contributed by atoms with E-state index in [1.165, 1.54) is 0 Å². The third-order valence-corrected chi connectivity index (χ3v) is 3.19. The summed E-state index contributed by atoms with van der Waals surface area (Å²) in [6, 6.07) is 10.4. The summed E-state index contributed by atoms with van der Waals surface area (Å²) < 4.78 is 5.42. The Morgan fingerprint density at radius 3 is 2.59 bits per heavy atom. The summed E-state index contributed by atoms with van der Waals surface area (Å²) in [5.74, 6) is 0.851. The van der Waals surface area contributed by atoms with Crippen molar-refractivity contribution in [3.8, 4) is 11.5 Å². The first-order valence-electron chi connectivity index (χ1n) is 5.36. The van der Waals surface area contributed by atoms with Crippen LogP contribution in [0.2, 0.25) is 0 Å². The van der Waals surface area contributed by atoms with Gasteiger partial charge in [-0.2, -0.15) is 0 Å². The van der Waals surface area contributed by atoms with E-state index >= 15 is 0 Å².